The molecule has 1 N–H and O–H groups in total. The number of alkyl carbamates (subject to hydrolysis) is 1. The summed E-state index contributed by atoms with van der Waals surface area (Å²) in [4.78, 5) is 24.9. The molecule has 3 saturated carbocycles. The highest BCUT2D eigenvalue weighted by Crippen LogP contribution is 2.67. The molecular weight excluding hydrogens is 280 g/mol. The first-order valence-corrected chi connectivity index (χ1v) is 7.63. The monoisotopic (exact) mass is 302 g/mol. The van der Waals surface area contributed by atoms with E-state index in [1.54, 1.807) is 11.8 Å². The maximum atomic E-state index is 11.9. The number of carbonyl (C=O) groups is 2. The fourth-order valence-corrected chi connectivity index (χ4v) is 3.89. The molecule has 0 radical (unpaired) electrons. The van der Waals surface area contributed by atoms with Gasteiger partial charge < -0.3 is 15.0 Å². The molecule has 0 saturated heterocycles. The van der Waals surface area contributed by atoms with Gasteiger partial charge in [0.2, 0.25) is 5.91 Å². The Morgan fingerprint density at radius 2 is 1.86 bits per heavy atom. The van der Waals surface area contributed by atoms with Gasteiger partial charge in [-0.25, -0.2) is 4.79 Å². The van der Waals surface area contributed by atoms with Crippen LogP contribution in [0, 0.1) is 5.41 Å². The molecule has 5 nitrogen and oxygen atoms in total. The number of ether oxygens (including phenoxy) is 1. The molecule has 22 heavy (non-hydrogen) atoms. The number of rotatable bonds is 5. The number of carbonyl (C=O) groups excluding carboxylic acids is 2. The van der Waals surface area contributed by atoms with Crippen molar-refractivity contribution in [2.24, 2.45) is 5.41 Å². The molecule has 2 bridgehead atoms. The lowest BCUT2D eigenvalue weighted by Gasteiger charge is -2.71. The number of hydrogen-bond donors (Lipinski definition) is 1. The van der Waals surface area contributed by atoms with Crippen LogP contribution in [0.15, 0.2) is 30.3 Å². The van der Waals surface area contributed by atoms with Gasteiger partial charge in [-0.2, -0.15) is 0 Å². The molecule has 3 aliphatic rings. The SMILES string of the molecule is CC(=O)N(C)CC12CC(NC(=O)OCc3ccccc3)(C1)C2. The number of hydrogen-bond acceptors (Lipinski definition) is 3. The van der Waals surface area contributed by atoms with Crippen molar-refractivity contribution in [1.29, 1.82) is 0 Å². The van der Waals surface area contributed by atoms with Gasteiger partial charge in [-0.05, 0) is 30.2 Å². The highest BCUT2D eigenvalue weighted by atomic mass is 16.5. The lowest BCUT2D eigenvalue weighted by Crippen LogP contribution is -2.76. The Bertz CT molecular complexity index is 565. The summed E-state index contributed by atoms with van der Waals surface area (Å²) in [5.41, 5.74) is 1.10. The first-order valence-electron chi connectivity index (χ1n) is 7.63. The fraction of sp³-hybridized carbons (Fsp3) is 0.529. The second-order valence-corrected chi connectivity index (χ2v) is 6.87. The number of amides is 2. The van der Waals surface area contributed by atoms with E-state index >= 15 is 0 Å². The van der Waals surface area contributed by atoms with E-state index in [4.69, 9.17) is 4.74 Å². The third-order valence-corrected chi connectivity index (χ3v) is 4.83. The average Bonchev–Trinajstić information content (AvgIpc) is 2.42. The van der Waals surface area contributed by atoms with Crippen LogP contribution in [0.2, 0.25) is 0 Å². The minimum absolute atomic E-state index is 0.0917. The molecular formula is C17H22N2O3. The highest BCUT2D eigenvalue weighted by Gasteiger charge is 2.68. The van der Waals surface area contributed by atoms with Crippen LogP contribution in [0.5, 0.6) is 0 Å². The molecule has 0 aliphatic heterocycles. The van der Waals surface area contributed by atoms with Crippen molar-refractivity contribution in [3.05, 3.63) is 35.9 Å². The second-order valence-electron chi connectivity index (χ2n) is 6.87. The summed E-state index contributed by atoms with van der Waals surface area (Å²) in [6.07, 6.45) is 2.48. The molecule has 0 heterocycles. The van der Waals surface area contributed by atoms with Crippen molar-refractivity contribution < 1.29 is 14.3 Å². The van der Waals surface area contributed by atoms with Gasteiger partial charge in [0.15, 0.2) is 0 Å². The van der Waals surface area contributed by atoms with Gasteiger partial charge in [0.25, 0.3) is 0 Å². The Labute approximate surface area is 130 Å². The largest absolute Gasteiger partial charge is 0.445 e. The van der Waals surface area contributed by atoms with Crippen LogP contribution in [0.4, 0.5) is 4.79 Å². The third kappa shape index (κ3) is 2.80. The molecule has 3 fully saturated rings. The predicted octanol–water partition coefficient (Wildman–Crippen LogP) is 2.31. The molecule has 1 aromatic rings. The van der Waals surface area contributed by atoms with Crippen molar-refractivity contribution in [3.63, 3.8) is 0 Å². The van der Waals surface area contributed by atoms with Gasteiger partial charge in [-0.1, -0.05) is 30.3 Å². The summed E-state index contributed by atoms with van der Waals surface area (Å²) in [5.74, 6) is 0.0917. The summed E-state index contributed by atoms with van der Waals surface area (Å²) in [6.45, 7) is 2.66. The molecule has 5 heteroatoms. The van der Waals surface area contributed by atoms with Crippen LogP contribution < -0.4 is 5.32 Å². The summed E-state index contributed by atoms with van der Waals surface area (Å²) in [5, 5.41) is 2.99. The molecule has 3 aliphatic carbocycles. The molecule has 0 aromatic heterocycles. The Hall–Kier alpha value is -2.04. The van der Waals surface area contributed by atoms with Crippen LogP contribution in [0.25, 0.3) is 0 Å². The maximum Gasteiger partial charge on any atom is 0.407 e. The summed E-state index contributed by atoms with van der Waals surface area (Å²) >= 11 is 0. The predicted molar refractivity (Wildman–Crippen MR) is 82.1 cm³/mol. The van der Waals surface area contributed by atoms with Crippen LogP contribution >= 0.6 is 0 Å². The average molecular weight is 302 g/mol. The van der Waals surface area contributed by atoms with Gasteiger partial charge in [0.1, 0.15) is 6.61 Å². The number of nitrogens with zero attached hydrogens (tertiary/aromatic N) is 1. The van der Waals surface area contributed by atoms with E-state index in [1.165, 1.54) is 0 Å². The molecule has 0 atom stereocenters. The van der Waals surface area contributed by atoms with E-state index in [1.807, 2.05) is 37.4 Å². The van der Waals surface area contributed by atoms with E-state index in [2.05, 4.69) is 5.32 Å². The molecule has 118 valence electrons. The van der Waals surface area contributed by atoms with E-state index in [0.717, 1.165) is 31.4 Å². The second kappa shape index (κ2) is 5.30. The Kier molecular flexibility index (Phi) is 3.59. The molecule has 1 aromatic carbocycles. The van der Waals surface area contributed by atoms with Crippen LogP contribution in [0.1, 0.15) is 31.7 Å². The van der Waals surface area contributed by atoms with Gasteiger partial charge >= 0.3 is 6.09 Å². The minimum Gasteiger partial charge on any atom is -0.445 e. The van der Waals surface area contributed by atoms with Crippen molar-refractivity contribution in [2.75, 3.05) is 13.6 Å². The molecule has 0 spiro atoms. The van der Waals surface area contributed by atoms with Gasteiger partial charge in [-0.15, -0.1) is 0 Å². The smallest absolute Gasteiger partial charge is 0.407 e. The summed E-state index contributed by atoms with van der Waals surface area (Å²) in [7, 11) is 1.83. The highest BCUT2D eigenvalue weighted by molar-refractivity contribution is 5.73. The topological polar surface area (TPSA) is 58.6 Å². The normalized spacial score (nSPS) is 28.1. The summed E-state index contributed by atoms with van der Waals surface area (Å²) in [6, 6.07) is 9.64. The zero-order valence-corrected chi connectivity index (χ0v) is 13.1. The van der Waals surface area contributed by atoms with Crippen LogP contribution in [-0.2, 0) is 16.1 Å². The van der Waals surface area contributed by atoms with E-state index in [0.29, 0.717) is 6.61 Å². The first kappa shape index (κ1) is 14.9. The zero-order chi connectivity index (χ0) is 15.8. The van der Waals surface area contributed by atoms with Crippen molar-refractivity contribution in [1.82, 2.24) is 10.2 Å². The van der Waals surface area contributed by atoms with E-state index in [9.17, 15) is 9.59 Å². The molecule has 0 unspecified atom stereocenters. The van der Waals surface area contributed by atoms with Crippen molar-refractivity contribution in [2.45, 2.75) is 38.3 Å². The number of nitrogens with one attached hydrogen (secondary N) is 1. The van der Waals surface area contributed by atoms with Crippen LogP contribution in [-0.4, -0.2) is 36.0 Å². The Morgan fingerprint density at radius 1 is 1.23 bits per heavy atom. The molecule has 4 rings (SSSR count). The quantitative estimate of drug-likeness (QED) is 0.908. The van der Waals surface area contributed by atoms with Gasteiger partial charge in [-0.3, -0.25) is 4.79 Å². The van der Waals surface area contributed by atoms with E-state index < -0.39 is 0 Å². The standard InChI is InChI=1S/C17H22N2O3/c1-13(20)19(2)12-16-9-17(10-16,11-16)18-15(21)22-8-14-6-4-3-5-7-14/h3-7H,8-12H2,1-2H3,(H,18,21). The van der Waals surface area contributed by atoms with E-state index in [-0.39, 0.29) is 23.0 Å². The van der Waals surface area contributed by atoms with Crippen LogP contribution in [0.3, 0.4) is 0 Å². The lowest BCUT2D eigenvalue weighted by atomic mass is 9.39. The zero-order valence-electron chi connectivity index (χ0n) is 13.1. The minimum atomic E-state index is -0.350. The van der Waals surface area contributed by atoms with Crippen molar-refractivity contribution in [3.8, 4) is 0 Å². The lowest BCUT2D eigenvalue weighted by molar-refractivity contribution is -0.167. The van der Waals surface area contributed by atoms with Gasteiger partial charge in [0.05, 0.1) is 0 Å². The fourth-order valence-electron chi connectivity index (χ4n) is 3.89. The van der Waals surface area contributed by atoms with Crippen molar-refractivity contribution >= 4 is 12.0 Å². The Balaban J connectivity index is 1.41. The van der Waals surface area contributed by atoms with Gasteiger partial charge in [0, 0.05) is 26.1 Å². The maximum absolute atomic E-state index is 11.9. The molecule has 2 amide bonds. The Morgan fingerprint density at radius 3 is 2.45 bits per heavy atom. The number of benzene rings is 1. The first-order chi connectivity index (χ1) is 10.4. The third-order valence-electron chi connectivity index (χ3n) is 4.83. The summed E-state index contributed by atoms with van der Waals surface area (Å²) < 4.78 is 5.26.